The molecule has 1 aromatic rings. The first-order chi connectivity index (χ1) is 8.67. The highest BCUT2D eigenvalue weighted by Gasteiger charge is 2.32. The number of methoxy groups -OCH3 is 1. The summed E-state index contributed by atoms with van der Waals surface area (Å²) in [4.78, 5) is 26.9. The SMILES string of the molecule is CCN1CCC(=O)N(c2cccc(OC)c2)C1=O. The molecule has 5 nitrogen and oxygen atoms in total. The molecule has 1 saturated heterocycles. The van der Waals surface area contributed by atoms with Crippen molar-refractivity contribution < 1.29 is 14.3 Å². The normalized spacial score (nSPS) is 16.1. The van der Waals surface area contributed by atoms with E-state index in [4.69, 9.17) is 4.74 Å². The van der Waals surface area contributed by atoms with Gasteiger partial charge < -0.3 is 9.64 Å². The molecule has 1 fully saturated rings. The lowest BCUT2D eigenvalue weighted by molar-refractivity contribution is -0.119. The van der Waals surface area contributed by atoms with Crippen LogP contribution in [0.1, 0.15) is 13.3 Å². The number of imide groups is 1. The molecule has 5 heteroatoms. The van der Waals surface area contributed by atoms with Crippen molar-refractivity contribution >= 4 is 17.6 Å². The first-order valence-corrected chi connectivity index (χ1v) is 5.93. The molecular weight excluding hydrogens is 232 g/mol. The Morgan fingerprint density at radius 3 is 2.78 bits per heavy atom. The maximum Gasteiger partial charge on any atom is 0.331 e. The van der Waals surface area contributed by atoms with Gasteiger partial charge in [0.25, 0.3) is 0 Å². The van der Waals surface area contributed by atoms with E-state index >= 15 is 0 Å². The van der Waals surface area contributed by atoms with Gasteiger partial charge in [-0.15, -0.1) is 0 Å². The fraction of sp³-hybridized carbons (Fsp3) is 0.385. The number of nitrogens with zero attached hydrogens (tertiary/aromatic N) is 2. The van der Waals surface area contributed by atoms with Crippen LogP contribution in [0.2, 0.25) is 0 Å². The van der Waals surface area contributed by atoms with Crippen molar-refractivity contribution in [1.29, 1.82) is 0 Å². The molecular formula is C13H16N2O3. The number of carbonyl (C=O) groups excluding carboxylic acids is 2. The van der Waals surface area contributed by atoms with Crippen molar-refractivity contribution in [3.63, 3.8) is 0 Å². The first kappa shape index (κ1) is 12.4. The van der Waals surface area contributed by atoms with Gasteiger partial charge in [0, 0.05) is 25.6 Å². The molecule has 1 heterocycles. The lowest BCUT2D eigenvalue weighted by atomic mass is 10.2. The average molecular weight is 248 g/mol. The van der Waals surface area contributed by atoms with Gasteiger partial charge in [-0.2, -0.15) is 0 Å². The average Bonchev–Trinajstić information content (AvgIpc) is 2.39. The molecule has 0 N–H and O–H groups in total. The molecule has 1 aliphatic rings. The highest BCUT2D eigenvalue weighted by Crippen LogP contribution is 2.24. The van der Waals surface area contributed by atoms with Crippen LogP contribution in [-0.4, -0.2) is 37.0 Å². The lowest BCUT2D eigenvalue weighted by Gasteiger charge is -2.33. The van der Waals surface area contributed by atoms with Crippen LogP contribution in [0.4, 0.5) is 10.5 Å². The topological polar surface area (TPSA) is 49.9 Å². The fourth-order valence-corrected chi connectivity index (χ4v) is 1.98. The summed E-state index contributed by atoms with van der Waals surface area (Å²) in [5, 5.41) is 0. The van der Waals surface area contributed by atoms with Gasteiger partial charge in [0.15, 0.2) is 0 Å². The summed E-state index contributed by atoms with van der Waals surface area (Å²) in [6, 6.07) is 6.70. The van der Waals surface area contributed by atoms with E-state index in [1.54, 1.807) is 36.3 Å². The number of ether oxygens (including phenoxy) is 1. The molecule has 0 atom stereocenters. The summed E-state index contributed by atoms with van der Waals surface area (Å²) in [5.41, 5.74) is 0.558. The molecule has 0 radical (unpaired) electrons. The molecule has 0 bridgehead atoms. The van der Waals surface area contributed by atoms with E-state index in [1.807, 2.05) is 6.92 Å². The molecule has 3 amide bonds. The van der Waals surface area contributed by atoms with Crippen molar-refractivity contribution in [2.24, 2.45) is 0 Å². The van der Waals surface area contributed by atoms with Gasteiger partial charge in [-0.3, -0.25) is 4.79 Å². The monoisotopic (exact) mass is 248 g/mol. The third-order valence-corrected chi connectivity index (χ3v) is 3.00. The van der Waals surface area contributed by atoms with E-state index in [9.17, 15) is 9.59 Å². The van der Waals surface area contributed by atoms with Crippen LogP contribution >= 0.6 is 0 Å². The van der Waals surface area contributed by atoms with Crippen LogP contribution in [0, 0.1) is 0 Å². The molecule has 2 rings (SSSR count). The summed E-state index contributed by atoms with van der Waals surface area (Å²) in [5.74, 6) is 0.458. The van der Waals surface area contributed by atoms with Gasteiger partial charge in [-0.1, -0.05) is 6.07 Å². The zero-order valence-corrected chi connectivity index (χ0v) is 10.5. The van der Waals surface area contributed by atoms with Gasteiger partial charge in [0.1, 0.15) is 5.75 Å². The number of anilines is 1. The lowest BCUT2D eigenvalue weighted by Crippen LogP contribution is -2.52. The van der Waals surface area contributed by atoms with E-state index in [0.717, 1.165) is 0 Å². The Hall–Kier alpha value is -2.04. The number of urea groups is 1. The minimum Gasteiger partial charge on any atom is -0.497 e. The summed E-state index contributed by atoms with van der Waals surface area (Å²) in [7, 11) is 1.55. The maximum absolute atomic E-state index is 12.2. The van der Waals surface area contributed by atoms with Crippen LogP contribution < -0.4 is 9.64 Å². The summed E-state index contributed by atoms with van der Waals surface area (Å²) >= 11 is 0. The molecule has 0 aromatic heterocycles. The van der Waals surface area contributed by atoms with E-state index in [2.05, 4.69) is 0 Å². The number of carbonyl (C=O) groups is 2. The van der Waals surface area contributed by atoms with Crippen molar-refractivity contribution in [3.8, 4) is 5.75 Å². The summed E-state index contributed by atoms with van der Waals surface area (Å²) < 4.78 is 5.11. The minimum atomic E-state index is -0.262. The van der Waals surface area contributed by atoms with Gasteiger partial charge in [-0.25, -0.2) is 9.69 Å². The first-order valence-electron chi connectivity index (χ1n) is 5.93. The van der Waals surface area contributed by atoms with Gasteiger partial charge in [0.2, 0.25) is 5.91 Å². The Bertz CT molecular complexity index is 473. The van der Waals surface area contributed by atoms with Crippen LogP contribution in [0.15, 0.2) is 24.3 Å². The minimum absolute atomic E-state index is 0.169. The molecule has 0 unspecified atom stereocenters. The van der Waals surface area contributed by atoms with Gasteiger partial charge in [-0.05, 0) is 19.1 Å². The van der Waals surface area contributed by atoms with Crippen LogP contribution in [0.3, 0.4) is 0 Å². The number of amides is 3. The standard InChI is InChI=1S/C13H16N2O3/c1-3-14-8-7-12(16)15(13(14)17)10-5-4-6-11(9-10)18-2/h4-6,9H,3,7-8H2,1-2H3. The van der Waals surface area contributed by atoms with Gasteiger partial charge >= 0.3 is 6.03 Å². The molecule has 96 valence electrons. The molecule has 0 saturated carbocycles. The Balaban J connectivity index is 2.33. The second kappa shape index (κ2) is 5.08. The molecule has 0 aliphatic carbocycles. The smallest absolute Gasteiger partial charge is 0.331 e. The van der Waals surface area contributed by atoms with Gasteiger partial charge in [0.05, 0.1) is 12.8 Å². The molecule has 18 heavy (non-hydrogen) atoms. The second-order valence-corrected chi connectivity index (χ2v) is 4.04. The van der Waals surface area contributed by atoms with Crippen LogP contribution in [0.25, 0.3) is 0 Å². The third kappa shape index (κ3) is 2.16. The zero-order chi connectivity index (χ0) is 13.1. The largest absolute Gasteiger partial charge is 0.497 e. The maximum atomic E-state index is 12.2. The van der Waals surface area contributed by atoms with E-state index in [-0.39, 0.29) is 11.9 Å². The quantitative estimate of drug-likeness (QED) is 0.820. The Morgan fingerprint density at radius 1 is 1.33 bits per heavy atom. The van der Waals surface area contributed by atoms with Crippen molar-refractivity contribution in [3.05, 3.63) is 24.3 Å². The number of rotatable bonds is 3. The zero-order valence-electron chi connectivity index (χ0n) is 10.5. The van der Waals surface area contributed by atoms with Crippen LogP contribution in [0.5, 0.6) is 5.75 Å². The van der Waals surface area contributed by atoms with E-state index in [0.29, 0.717) is 30.9 Å². The highest BCUT2D eigenvalue weighted by molar-refractivity contribution is 6.15. The third-order valence-electron chi connectivity index (χ3n) is 3.00. The molecule has 1 aliphatic heterocycles. The molecule has 1 aromatic carbocycles. The summed E-state index contributed by atoms with van der Waals surface area (Å²) in [6.45, 7) is 3.00. The highest BCUT2D eigenvalue weighted by atomic mass is 16.5. The second-order valence-electron chi connectivity index (χ2n) is 4.04. The molecule has 0 spiro atoms. The number of hydrogen-bond acceptors (Lipinski definition) is 3. The Labute approximate surface area is 106 Å². The van der Waals surface area contributed by atoms with Crippen molar-refractivity contribution in [2.75, 3.05) is 25.1 Å². The number of benzene rings is 1. The Morgan fingerprint density at radius 2 is 2.11 bits per heavy atom. The van der Waals surface area contributed by atoms with Crippen LogP contribution in [-0.2, 0) is 4.79 Å². The summed E-state index contributed by atoms with van der Waals surface area (Å²) in [6.07, 6.45) is 0.358. The van der Waals surface area contributed by atoms with Crippen molar-refractivity contribution in [2.45, 2.75) is 13.3 Å². The predicted molar refractivity (Wildman–Crippen MR) is 67.7 cm³/mol. The fourth-order valence-electron chi connectivity index (χ4n) is 1.98. The number of hydrogen-bond donors (Lipinski definition) is 0. The Kier molecular flexibility index (Phi) is 3.50. The van der Waals surface area contributed by atoms with Crippen molar-refractivity contribution in [1.82, 2.24) is 4.90 Å². The van der Waals surface area contributed by atoms with E-state index in [1.165, 1.54) is 4.90 Å². The predicted octanol–water partition coefficient (Wildman–Crippen LogP) is 1.87. The van der Waals surface area contributed by atoms with E-state index < -0.39 is 0 Å².